The predicted octanol–water partition coefficient (Wildman–Crippen LogP) is 3.02. The molecule has 2 rings (SSSR count). The number of halogens is 2. The van der Waals surface area contributed by atoms with Gasteiger partial charge in [-0.2, -0.15) is 0 Å². The Morgan fingerprint density at radius 3 is 2.40 bits per heavy atom. The first-order valence-electron chi connectivity index (χ1n) is 7.19. The zero-order valence-corrected chi connectivity index (χ0v) is 13.7. The largest absolute Gasteiger partial charge is 0.329 e. The SMILES string of the molecule is CCN1CCN(C(CN)c2cc(Cl)cc(Cl)c2)CC1C. The lowest BCUT2D eigenvalue weighted by molar-refractivity contribution is 0.0607. The van der Waals surface area contributed by atoms with E-state index in [2.05, 4.69) is 23.6 Å². The van der Waals surface area contributed by atoms with Crippen LogP contribution in [0.15, 0.2) is 18.2 Å². The third-order valence-corrected chi connectivity index (χ3v) is 4.57. The number of likely N-dealkylation sites (N-methyl/N-ethyl adjacent to an activating group) is 1. The van der Waals surface area contributed by atoms with Crippen LogP contribution in [-0.4, -0.2) is 48.6 Å². The van der Waals surface area contributed by atoms with E-state index in [1.165, 1.54) is 0 Å². The van der Waals surface area contributed by atoms with Gasteiger partial charge in [-0.25, -0.2) is 0 Å². The fraction of sp³-hybridized carbons (Fsp3) is 0.600. The van der Waals surface area contributed by atoms with Gasteiger partial charge < -0.3 is 5.73 Å². The number of nitrogens with zero attached hydrogens (tertiary/aromatic N) is 2. The summed E-state index contributed by atoms with van der Waals surface area (Å²) in [6, 6.07) is 6.45. The zero-order valence-electron chi connectivity index (χ0n) is 12.1. The third-order valence-electron chi connectivity index (χ3n) is 4.14. The Morgan fingerprint density at radius 2 is 1.90 bits per heavy atom. The smallest absolute Gasteiger partial charge is 0.0472 e. The quantitative estimate of drug-likeness (QED) is 0.927. The van der Waals surface area contributed by atoms with Gasteiger partial charge in [0.2, 0.25) is 0 Å². The van der Waals surface area contributed by atoms with Gasteiger partial charge in [-0.15, -0.1) is 0 Å². The maximum atomic E-state index is 6.11. The Kier molecular flexibility index (Phi) is 5.70. The second-order valence-corrected chi connectivity index (χ2v) is 6.30. The van der Waals surface area contributed by atoms with Crippen molar-refractivity contribution in [3.05, 3.63) is 33.8 Å². The summed E-state index contributed by atoms with van der Waals surface area (Å²) < 4.78 is 0. The topological polar surface area (TPSA) is 32.5 Å². The van der Waals surface area contributed by atoms with E-state index in [0.717, 1.165) is 31.7 Å². The summed E-state index contributed by atoms with van der Waals surface area (Å²) in [5.41, 5.74) is 7.12. The molecule has 0 saturated carbocycles. The van der Waals surface area contributed by atoms with Crippen LogP contribution in [0.2, 0.25) is 10.0 Å². The molecule has 0 aromatic heterocycles. The highest BCUT2D eigenvalue weighted by atomic mass is 35.5. The second kappa shape index (κ2) is 7.10. The molecule has 1 heterocycles. The molecule has 2 N–H and O–H groups in total. The molecule has 0 spiro atoms. The van der Waals surface area contributed by atoms with Crippen LogP contribution in [0.3, 0.4) is 0 Å². The summed E-state index contributed by atoms with van der Waals surface area (Å²) in [4.78, 5) is 4.94. The monoisotopic (exact) mass is 315 g/mol. The average molecular weight is 316 g/mol. The minimum Gasteiger partial charge on any atom is -0.329 e. The van der Waals surface area contributed by atoms with E-state index in [1.807, 2.05) is 12.1 Å². The molecule has 1 aromatic carbocycles. The molecule has 2 atom stereocenters. The molecule has 1 aliphatic heterocycles. The summed E-state index contributed by atoms with van der Waals surface area (Å²) in [6.07, 6.45) is 0. The fourth-order valence-electron chi connectivity index (χ4n) is 3.04. The minimum absolute atomic E-state index is 0.188. The summed E-state index contributed by atoms with van der Waals surface area (Å²) in [7, 11) is 0. The van der Waals surface area contributed by atoms with Crippen LogP contribution in [-0.2, 0) is 0 Å². The minimum atomic E-state index is 0.188. The standard InChI is InChI=1S/C15H23Cl2N3/c1-3-19-4-5-20(10-11(19)2)15(9-18)12-6-13(16)8-14(17)7-12/h6-8,11,15H,3-5,9-10,18H2,1-2H3. The lowest BCUT2D eigenvalue weighted by atomic mass is 10.0. The van der Waals surface area contributed by atoms with Crippen molar-refractivity contribution in [2.24, 2.45) is 5.73 Å². The molecular weight excluding hydrogens is 293 g/mol. The molecule has 112 valence electrons. The molecule has 1 aliphatic rings. The van der Waals surface area contributed by atoms with Gasteiger partial charge in [0.1, 0.15) is 0 Å². The second-order valence-electron chi connectivity index (χ2n) is 5.43. The van der Waals surface area contributed by atoms with Crippen molar-refractivity contribution in [3.63, 3.8) is 0 Å². The van der Waals surface area contributed by atoms with E-state index in [9.17, 15) is 0 Å². The van der Waals surface area contributed by atoms with Crippen molar-refractivity contribution in [1.82, 2.24) is 9.80 Å². The molecule has 0 aliphatic carbocycles. The maximum absolute atomic E-state index is 6.11. The molecule has 0 amide bonds. The van der Waals surface area contributed by atoms with Crippen LogP contribution >= 0.6 is 23.2 Å². The third kappa shape index (κ3) is 3.66. The summed E-state index contributed by atoms with van der Waals surface area (Å²) in [5, 5.41) is 1.34. The number of benzene rings is 1. The first-order chi connectivity index (χ1) is 9.55. The van der Waals surface area contributed by atoms with Gasteiger partial charge in [0.15, 0.2) is 0 Å². The van der Waals surface area contributed by atoms with Gasteiger partial charge in [0.25, 0.3) is 0 Å². The Bertz CT molecular complexity index is 432. The molecule has 3 nitrogen and oxygen atoms in total. The molecule has 0 bridgehead atoms. The van der Waals surface area contributed by atoms with E-state index >= 15 is 0 Å². The highest BCUT2D eigenvalue weighted by Crippen LogP contribution is 2.28. The van der Waals surface area contributed by atoms with E-state index in [4.69, 9.17) is 28.9 Å². The van der Waals surface area contributed by atoms with Crippen LogP contribution in [0.1, 0.15) is 25.5 Å². The Balaban J connectivity index is 2.16. The van der Waals surface area contributed by atoms with Gasteiger partial charge in [-0.05, 0) is 37.2 Å². The van der Waals surface area contributed by atoms with Crippen molar-refractivity contribution >= 4 is 23.2 Å². The van der Waals surface area contributed by atoms with Gasteiger partial charge in [-0.3, -0.25) is 9.80 Å². The average Bonchev–Trinajstić information content (AvgIpc) is 2.38. The predicted molar refractivity (Wildman–Crippen MR) is 86.5 cm³/mol. The van der Waals surface area contributed by atoms with Crippen molar-refractivity contribution in [2.75, 3.05) is 32.7 Å². The Morgan fingerprint density at radius 1 is 1.25 bits per heavy atom. The summed E-state index contributed by atoms with van der Waals surface area (Å²) in [5.74, 6) is 0. The molecule has 20 heavy (non-hydrogen) atoms. The molecule has 2 unspecified atom stereocenters. The van der Waals surface area contributed by atoms with Crippen molar-refractivity contribution < 1.29 is 0 Å². The molecule has 1 fully saturated rings. The van der Waals surface area contributed by atoms with E-state index in [1.54, 1.807) is 6.07 Å². The van der Waals surface area contributed by atoms with Gasteiger partial charge in [0.05, 0.1) is 0 Å². The lowest BCUT2D eigenvalue weighted by Crippen LogP contribution is -2.53. The van der Waals surface area contributed by atoms with Crippen molar-refractivity contribution in [2.45, 2.75) is 25.9 Å². The van der Waals surface area contributed by atoms with Crippen LogP contribution in [0.5, 0.6) is 0 Å². The van der Waals surface area contributed by atoms with Crippen LogP contribution in [0, 0.1) is 0 Å². The highest BCUT2D eigenvalue weighted by Gasteiger charge is 2.28. The number of hydrogen-bond donors (Lipinski definition) is 1. The molecule has 0 radical (unpaired) electrons. The lowest BCUT2D eigenvalue weighted by Gasteiger charge is -2.43. The van der Waals surface area contributed by atoms with Gasteiger partial charge in [0, 0.05) is 48.3 Å². The van der Waals surface area contributed by atoms with Gasteiger partial charge >= 0.3 is 0 Å². The number of nitrogens with two attached hydrogens (primary N) is 1. The van der Waals surface area contributed by atoms with Crippen LogP contribution in [0.4, 0.5) is 0 Å². The fourth-order valence-corrected chi connectivity index (χ4v) is 3.58. The highest BCUT2D eigenvalue weighted by molar-refractivity contribution is 6.34. The van der Waals surface area contributed by atoms with Crippen LogP contribution < -0.4 is 5.73 Å². The zero-order chi connectivity index (χ0) is 14.7. The normalized spacial score (nSPS) is 22.9. The Hall–Kier alpha value is -0.320. The first-order valence-corrected chi connectivity index (χ1v) is 7.95. The first kappa shape index (κ1) is 16.1. The van der Waals surface area contributed by atoms with E-state index < -0.39 is 0 Å². The number of rotatable bonds is 4. The molecular formula is C15H23Cl2N3. The van der Waals surface area contributed by atoms with Crippen molar-refractivity contribution in [3.8, 4) is 0 Å². The maximum Gasteiger partial charge on any atom is 0.0472 e. The van der Waals surface area contributed by atoms with Crippen molar-refractivity contribution in [1.29, 1.82) is 0 Å². The van der Waals surface area contributed by atoms with Gasteiger partial charge in [-0.1, -0.05) is 30.1 Å². The summed E-state index contributed by atoms with van der Waals surface area (Å²) in [6.45, 7) is 9.31. The van der Waals surface area contributed by atoms with E-state index in [0.29, 0.717) is 22.6 Å². The Labute approximate surface area is 131 Å². The summed E-state index contributed by atoms with van der Waals surface area (Å²) >= 11 is 12.2. The molecule has 5 heteroatoms. The molecule has 1 aromatic rings. The van der Waals surface area contributed by atoms with E-state index in [-0.39, 0.29) is 6.04 Å². The number of piperazine rings is 1. The number of hydrogen-bond acceptors (Lipinski definition) is 3. The molecule has 1 saturated heterocycles. The van der Waals surface area contributed by atoms with Crippen LogP contribution in [0.25, 0.3) is 0 Å².